The molecule has 2 aromatic heterocycles. The summed E-state index contributed by atoms with van der Waals surface area (Å²) < 4.78 is 9.27. The number of imidazole rings is 1. The quantitative estimate of drug-likeness (QED) is 0.875. The third-order valence-electron chi connectivity index (χ3n) is 5.17. The van der Waals surface area contributed by atoms with Crippen molar-refractivity contribution >= 4 is 11.1 Å². The Kier molecular flexibility index (Phi) is 3.81. The summed E-state index contributed by atoms with van der Waals surface area (Å²) in [6, 6.07) is 0. The Labute approximate surface area is 135 Å². The van der Waals surface area contributed by atoms with Crippen LogP contribution < -0.4 is 5.56 Å². The van der Waals surface area contributed by atoms with E-state index in [4.69, 9.17) is 4.74 Å². The molecule has 0 radical (unpaired) electrons. The van der Waals surface area contributed by atoms with Crippen LogP contribution in [0, 0.1) is 12.8 Å². The zero-order chi connectivity index (χ0) is 15.8. The van der Waals surface area contributed by atoms with E-state index >= 15 is 0 Å². The summed E-state index contributed by atoms with van der Waals surface area (Å²) in [6.07, 6.45) is 11.8. The minimum atomic E-state index is 0.0864. The molecule has 3 heterocycles. The molecule has 5 heteroatoms. The first-order valence-electron chi connectivity index (χ1n) is 8.58. The first-order valence-corrected chi connectivity index (χ1v) is 8.58. The first kappa shape index (κ1) is 14.7. The summed E-state index contributed by atoms with van der Waals surface area (Å²) in [6.45, 7) is 4.22. The largest absolute Gasteiger partial charge is 0.377 e. The SMILES string of the molecule is Cc1cn2c(C3=CCOCC3)ncc2c(=O)n1CC1CCCC1. The van der Waals surface area contributed by atoms with Crippen molar-refractivity contribution in [3.05, 3.63) is 40.3 Å². The molecule has 4 rings (SSSR count). The summed E-state index contributed by atoms with van der Waals surface area (Å²) in [5.41, 5.74) is 2.95. The van der Waals surface area contributed by atoms with Crippen LogP contribution in [0.4, 0.5) is 0 Å². The van der Waals surface area contributed by atoms with Crippen LogP contribution in [0.1, 0.15) is 43.6 Å². The fourth-order valence-electron chi connectivity index (χ4n) is 3.85. The monoisotopic (exact) mass is 313 g/mol. The molecule has 0 aromatic carbocycles. The van der Waals surface area contributed by atoms with Gasteiger partial charge in [0.25, 0.3) is 5.56 Å². The summed E-state index contributed by atoms with van der Waals surface area (Å²) in [4.78, 5) is 17.4. The number of aryl methyl sites for hydroxylation is 1. The molecule has 2 aromatic rings. The zero-order valence-electron chi connectivity index (χ0n) is 13.6. The average molecular weight is 313 g/mol. The Morgan fingerprint density at radius 3 is 2.91 bits per heavy atom. The molecule has 1 aliphatic heterocycles. The lowest BCUT2D eigenvalue weighted by molar-refractivity contribution is 0.161. The molecule has 122 valence electrons. The second-order valence-electron chi connectivity index (χ2n) is 6.73. The van der Waals surface area contributed by atoms with Crippen molar-refractivity contribution in [2.24, 2.45) is 5.92 Å². The van der Waals surface area contributed by atoms with E-state index in [2.05, 4.69) is 17.3 Å². The molecular weight excluding hydrogens is 290 g/mol. The predicted molar refractivity (Wildman–Crippen MR) is 89.6 cm³/mol. The standard InChI is InChI=1S/C18H23N3O2/c1-13-11-21-16(10-19-17(21)15-6-8-23-9-7-15)18(22)20(13)12-14-4-2-3-5-14/h6,10-11,14H,2-5,7-9,12H2,1H3. The number of nitrogens with zero attached hydrogens (tertiary/aromatic N) is 3. The maximum atomic E-state index is 12.9. The normalized spacial score (nSPS) is 19.4. The molecular formula is C18H23N3O2. The van der Waals surface area contributed by atoms with Gasteiger partial charge >= 0.3 is 0 Å². The van der Waals surface area contributed by atoms with E-state index in [9.17, 15) is 4.79 Å². The molecule has 0 N–H and O–H groups in total. The average Bonchev–Trinajstić information content (AvgIpc) is 3.22. The molecule has 1 fully saturated rings. The molecule has 23 heavy (non-hydrogen) atoms. The maximum Gasteiger partial charge on any atom is 0.276 e. The lowest BCUT2D eigenvalue weighted by atomic mass is 10.1. The van der Waals surface area contributed by atoms with Crippen molar-refractivity contribution in [1.29, 1.82) is 0 Å². The van der Waals surface area contributed by atoms with Gasteiger partial charge < -0.3 is 9.30 Å². The Hall–Kier alpha value is -1.88. The van der Waals surface area contributed by atoms with Gasteiger partial charge in [0.1, 0.15) is 11.3 Å². The first-order chi connectivity index (χ1) is 11.2. The number of ether oxygens (including phenoxy) is 1. The van der Waals surface area contributed by atoms with Crippen molar-refractivity contribution in [3.63, 3.8) is 0 Å². The number of rotatable bonds is 3. The fourth-order valence-corrected chi connectivity index (χ4v) is 3.85. The number of aromatic nitrogens is 3. The van der Waals surface area contributed by atoms with Crippen LogP contribution in [0.15, 0.2) is 23.3 Å². The van der Waals surface area contributed by atoms with Gasteiger partial charge in [-0.25, -0.2) is 4.98 Å². The van der Waals surface area contributed by atoms with Gasteiger partial charge in [0.05, 0.1) is 19.4 Å². The van der Waals surface area contributed by atoms with Gasteiger partial charge in [-0.1, -0.05) is 18.9 Å². The van der Waals surface area contributed by atoms with E-state index in [-0.39, 0.29) is 5.56 Å². The molecule has 5 nitrogen and oxygen atoms in total. The molecule has 0 atom stereocenters. The van der Waals surface area contributed by atoms with Gasteiger partial charge in [-0.2, -0.15) is 0 Å². The number of hydrogen-bond acceptors (Lipinski definition) is 3. The summed E-state index contributed by atoms with van der Waals surface area (Å²) >= 11 is 0. The molecule has 0 amide bonds. The van der Waals surface area contributed by atoms with E-state index in [0.717, 1.165) is 31.1 Å². The highest BCUT2D eigenvalue weighted by Crippen LogP contribution is 2.26. The zero-order valence-corrected chi connectivity index (χ0v) is 13.6. The molecule has 0 spiro atoms. The second kappa shape index (κ2) is 5.96. The number of hydrogen-bond donors (Lipinski definition) is 0. The summed E-state index contributed by atoms with van der Waals surface area (Å²) in [5, 5.41) is 0. The van der Waals surface area contributed by atoms with E-state index in [1.165, 1.54) is 31.3 Å². The van der Waals surface area contributed by atoms with Crippen molar-refractivity contribution in [3.8, 4) is 0 Å². The summed E-state index contributed by atoms with van der Waals surface area (Å²) in [5.74, 6) is 1.53. The fraction of sp³-hybridized carbons (Fsp3) is 0.556. The van der Waals surface area contributed by atoms with E-state index in [1.54, 1.807) is 6.20 Å². The van der Waals surface area contributed by atoms with Crippen LogP contribution in [0.5, 0.6) is 0 Å². The molecule has 0 unspecified atom stereocenters. The van der Waals surface area contributed by atoms with E-state index in [1.807, 2.05) is 15.9 Å². The predicted octanol–water partition coefficient (Wildman–Crippen LogP) is 2.80. The van der Waals surface area contributed by atoms with Gasteiger partial charge in [0, 0.05) is 18.4 Å². The topological polar surface area (TPSA) is 48.5 Å². The number of fused-ring (bicyclic) bond motifs is 1. The summed E-state index contributed by atoms with van der Waals surface area (Å²) in [7, 11) is 0. The lowest BCUT2D eigenvalue weighted by Crippen LogP contribution is -2.27. The van der Waals surface area contributed by atoms with Crippen molar-refractivity contribution in [1.82, 2.24) is 14.0 Å². The highest BCUT2D eigenvalue weighted by Gasteiger charge is 2.19. The van der Waals surface area contributed by atoms with Crippen molar-refractivity contribution in [2.45, 2.75) is 45.6 Å². The van der Waals surface area contributed by atoms with Crippen LogP contribution in [0.25, 0.3) is 11.1 Å². The van der Waals surface area contributed by atoms with Crippen LogP contribution >= 0.6 is 0 Å². The minimum absolute atomic E-state index is 0.0864. The third-order valence-corrected chi connectivity index (χ3v) is 5.17. The van der Waals surface area contributed by atoms with Gasteiger partial charge in [0.15, 0.2) is 0 Å². The molecule has 1 aliphatic carbocycles. The highest BCUT2D eigenvalue weighted by atomic mass is 16.5. The van der Waals surface area contributed by atoms with E-state index in [0.29, 0.717) is 18.0 Å². The van der Waals surface area contributed by atoms with Gasteiger partial charge in [0.2, 0.25) is 0 Å². The van der Waals surface area contributed by atoms with Gasteiger partial charge in [-0.3, -0.25) is 9.20 Å². The van der Waals surface area contributed by atoms with E-state index < -0.39 is 0 Å². The smallest absolute Gasteiger partial charge is 0.276 e. The van der Waals surface area contributed by atoms with Crippen LogP contribution in [-0.4, -0.2) is 27.2 Å². The molecule has 2 aliphatic rings. The highest BCUT2D eigenvalue weighted by molar-refractivity contribution is 5.64. The Bertz CT molecular complexity index is 810. The van der Waals surface area contributed by atoms with Gasteiger partial charge in [-0.05, 0) is 37.7 Å². The van der Waals surface area contributed by atoms with Crippen LogP contribution in [0.3, 0.4) is 0 Å². The van der Waals surface area contributed by atoms with Crippen molar-refractivity contribution < 1.29 is 4.74 Å². The third kappa shape index (κ3) is 2.63. The molecule has 0 saturated heterocycles. The van der Waals surface area contributed by atoms with Crippen LogP contribution in [-0.2, 0) is 11.3 Å². The Morgan fingerprint density at radius 1 is 1.35 bits per heavy atom. The lowest BCUT2D eigenvalue weighted by Gasteiger charge is -2.16. The van der Waals surface area contributed by atoms with Crippen molar-refractivity contribution in [2.75, 3.05) is 13.2 Å². The molecule has 1 saturated carbocycles. The minimum Gasteiger partial charge on any atom is -0.377 e. The Balaban J connectivity index is 1.77. The Morgan fingerprint density at radius 2 is 2.17 bits per heavy atom. The van der Waals surface area contributed by atoms with Gasteiger partial charge in [-0.15, -0.1) is 0 Å². The van der Waals surface area contributed by atoms with Crippen LogP contribution in [0.2, 0.25) is 0 Å². The molecule has 0 bridgehead atoms. The second-order valence-corrected chi connectivity index (χ2v) is 6.73. The maximum absolute atomic E-state index is 12.9.